The minimum absolute atomic E-state index is 0.0304. The number of aliphatic hydroxyl groups is 1. The largest absolute Gasteiger partial charge is 0.403 e. The molecule has 0 bridgehead atoms. The van der Waals surface area contributed by atoms with E-state index in [1.165, 1.54) is 27.7 Å². The van der Waals surface area contributed by atoms with Crippen molar-refractivity contribution >= 4 is 33.2 Å². The number of carbonyl (C=O) groups is 2. The summed E-state index contributed by atoms with van der Waals surface area (Å²) in [5.41, 5.74) is 1.52. The van der Waals surface area contributed by atoms with E-state index in [9.17, 15) is 23.1 Å². The van der Waals surface area contributed by atoms with Crippen molar-refractivity contribution in [1.82, 2.24) is 19.6 Å². The maximum Gasteiger partial charge on any atom is 0.348 e. The van der Waals surface area contributed by atoms with Crippen molar-refractivity contribution in [3.8, 4) is 5.88 Å². The number of esters is 1. The van der Waals surface area contributed by atoms with E-state index in [2.05, 4.69) is 10.2 Å². The zero-order valence-electron chi connectivity index (χ0n) is 19.7. The molecule has 3 aromatic rings. The first-order valence-corrected chi connectivity index (χ1v) is 13.2. The molecule has 2 heterocycles. The standard InChI is InChI=1S/C23H25ClN4O6S/c1-12-16(11-27(2)25-12)23(31)34-22-18(20(13-5-6-13)26-28(22)3)21(30)15-7-8-17(35(4,32)33)14(9-10-29)19(15)24/h7-8,11,13,29H,5-6,9-10H2,1-4H3. The topological polar surface area (TPSA) is 133 Å². The zero-order chi connectivity index (χ0) is 25.7. The summed E-state index contributed by atoms with van der Waals surface area (Å²) in [5.74, 6) is -1.22. The van der Waals surface area contributed by atoms with Gasteiger partial charge in [-0.3, -0.25) is 9.48 Å². The van der Waals surface area contributed by atoms with Crippen molar-refractivity contribution in [1.29, 1.82) is 0 Å². The first kappa shape index (κ1) is 25.1. The van der Waals surface area contributed by atoms with Crippen molar-refractivity contribution in [2.45, 2.75) is 37.0 Å². The Balaban J connectivity index is 1.83. The third-order valence-corrected chi connectivity index (χ3v) is 7.45. The highest BCUT2D eigenvalue weighted by molar-refractivity contribution is 7.90. The van der Waals surface area contributed by atoms with E-state index >= 15 is 0 Å². The van der Waals surface area contributed by atoms with E-state index in [1.807, 2.05) is 0 Å². The monoisotopic (exact) mass is 520 g/mol. The van der Waals surface area contributed by atoms with Crippen LogP contribution in [0.15, 0.2) is 23.2 Å². The molecule has 0 saturated heterocycles. The van der Waals surface area contributed by atoms with Crippen LogP contribution in [0, 0.1) is 6.92 Å². The lowest BCUT2D eigenvalue weighted by molar-refractivity contribution is 0.0717. The van der Waals surface area contributed by atoms with Gasteiger partial charge in [0.25, 0.3) is 0 Å². The molecule has 2 aromatic heterocycles. The lowest BCUT2D eigenvalue weighted by atomic mass is 9.98. The third kappa shape index (κ3) is 4.75. The molecule has 12 heteroatoms. The van der Waals surface area contributed by atoms with Gasteiger partial charge in [0.05, 0.1) is 21.3 Å². The van der Waals surface area contributed by atoms with Crippen molar-refractivity contribution in [3.63, 3.8) is 0 Å². The van der Waals surface area contributed by atoms with Crippen LogP contribution >= 0.6 is 11.6 Å². The van der Waals surface area contributed by atoms with Crippen LogP contribution in [0.3, 0.4) is 0 Å². The van der Waals surface area contributed by atoms with Gasteiger partial charge in [0.15, 0.2) is 9.84 Å². The summed E-state index contributed by atoms with van der Waals surface area (Å²) in [5, 5.41) is 18.0. The lowest BCUT2D eigenvalue weighted by Gasteiger charge is -2.14. The number of ether oxygens (including phenoxy) is 1. The minimum Gasteiger partial charge on any atom is -0.403 e. The molecule has 186 valence electrons. The molecule has 0 radical (unpaired) electrons. The van der Waals surface area contributed by atoms with Crippen LogP contribution in [0.25, 0.3) is 0 Å². The second-order valence-electron chi connectivity index (χ2n) is 8.63. The van der Waals surface area contributed by atoms with Gasteiger partial charge in [0, 0.05) is 44.6 Å². The van der Waals surface area contributed by atoms with Gasteiger partial charge in [-0.1, -0.05) is 11.6 Å². The molecule has 1 aromatic carbocycles. The van der Waals surface area contributed by atoms with Crippen LogP contribution in [0.4, 0.5) is 0 Å². The fourth-order valence-corrected chi connectivity index (χ4v) is 5.42. The molecule has 0 spiro atoms. The predicted octanol–water partition coefficient (Wildman–Crippen LogP) is 2.38. The number of hydrogen-bond acceptors (Lipinski definition) is 8. The van der Waals surface area contributed by atoms with E-state index in [-0.39, 0.29) is 57.0 Å². The van der Waals surface area contributed by atoms with E-state index < -0.39 is 21.6 Å². The van der Waals surface area contributed by atoms with Gasteiger partial charge in [-0.05, 0) is 43.9 Å². The summed E-state index contributed by atoms with van der Waals surface area (Å²) in [6, 6.07) is 2.64. The van der Waals surface area contributed by atoms with Crippen molar-refractivity contribution < 1.29 is 27.9 Å². The molecule has 10 nitrogen and oxygen atoms in total. The Hall–Kier alpha value is -3.02. The molecule has 1 fully saturated rings. The van der Waals surface area contributed by atoms with Crippen molar-refractivity contribution in [2.24, 2.45) is 14.1 Å². The van der Waals surface area contributed by atoms with Gasteiger partial charge >= 0.3 is 5.97 Å². The maximum atomic E-state index is 13.8. The number of aromatic nitrogens is 4. The van der Waals surface area contributed by atoms with E-state index in [1.54, 1.807) is 21.0 Å². The zero-order valence-corrected chi connectivity index (χ0v) is 21.3. The normalized spacial score (nSPS) is 13.8. The number of rotatable bonds is 8. The quantitative estimate of drug-likeness (QED) is 0.353. The summed E-state index contributed by atoms with van der Waals surface area (Å²) in [7, 11) is -0.393. The molecule has 4 rings (SSSR count). The molecule has 35 heavy (non-hydrogen) atoms. The Morgan fingerprint density at radius 3 is 2.43 bits per heavy atom. The first-order valence-electron chi connectivity index (χ1n) is 10.9. The summed E-state index contributed by atoms with van der Waals surface area (Å²) in [6.45, 7) is 1.32. The molecule has 0 amide bonds. The van der Waals surface area contributed by atoms with E-state index in [0.29, 0.717) is 11.4 Å². The first-order chi connectivity index (χ1) is 16.4. The molecule has 0 aliphatic heterocycles. The SMILES string of the molecule is Cc1nn(C)cc1C(=O)Oc1c(C(=O)c2ccc(S(C)(=O)=O)c(CCO)c2Cl)c(C2CC2)nn1C. The number of aryl methyl sites for hydroxylation is 3. The third-order valence-electron chi connectivity index (χ3n) is 5.84. The molecular formula is C23H25ClN4O6S. The van der Waals surface area contributed by atoms with Crippen LogP contribution in [0.5, 0.6) is 5.88 Å². The number of aliphatic hydroxyl groups excluding tert-OH is 1. The number of halogens is 1. The Morgan fingerprint density at radius 2 is 1.89 bits per heavy atom. The molecule has 1 aliphatic rings. The van der Waals surface area contributed by atoms with Crippen LogP contribution in [0.1, 0.15) is 62.0 Å². The van der Waals surface area contributed by atoms with Gasteiger partial charge < -0.3 is 9.84 Å². The highest BCUT2D eigenvalue weighted by Gasteiger charge is 2.37. The van der Waals surface area contributed by atoms with Crippen LogP contribution < -0.4 is 4.74 Å². The van der Waals surface area contributed by atoms with Gasteiger partial charge in [-0.25, -0.2) is 17.9 Å². The molecular weight excluding hydrogens is 496 g/mol. The highest BCUT2D eigenvalue weighted by Crippen LogP contribution is 2.44. The molecule has 1 N–H and O–H groups in total. The Kier molecular flexibility index (Phi) is 6.60. The molecule has 0 unspecified atom stereocenters. The maximum absolute atomic E-state index is 13.8. The average molecular weight is 521 g/mol. The summed E-state index contributed by atoms with van der Waals surface area (Å²) >= 11 is 6.53. The van der Waals surface area contributed by atoms with E-state index in [4.69, 9.17) is 16.3 Å². The Labute approximate surface area is 207 Å². The molecule has 0 atom stereocenters. The Morgan fingerprint density at radius 1 is 1.20 bits per heavy atom. The second kappa shape index (κ2) is 9.21. The summed E-state index contributed by atoms with van der Waals surface area (Å²) in [6.07, 6.45) is 4.18. The van der Waals surface area contributed by atoms with Crippen LogP contribution in [-0.4, -0.2) is 57.7 Å². The lowest BCUT2D eigenvalue weighted by Crippen LogP contribution is -2.15. The predicted molar refractivity (Wildman–Crippen MR) is 127 cm³/mol. The van der Waals surface area contributed by atoms with E-state index in [0.717, 1.165) is 19.1 Å². The number of hydrogen-bond donors (Lipinski definition) is 1. The smallest absolute Gasteiger partial charge is 0.348 e. The second-order valence-corrected chi connectivity index (χ2v) is 11.0. The molecule has 1 saturated carbocycles. The average Bonchev–Trinajstić information content (AvgIpc) is 3.49. The minimum atomic E-state index is -3.65. The van der Waals surface area contributed by atoms with Gasteiger partial charge in [0.1, 0.15) is 11.1 Å². The number of nitrogens with zero attached hydrogens (tertiary/aromatic N) is 4. The number of benzene rings is 1. The molecule has 1 aliphatic carbocycles. The van der Waals surface area contributed by atoms with Gasteiger partial charge in [0.2, 0.25) is 11.7 Å². The summed E-state index contributed by atoms with van der Waals surface area (Å²) < 4.78 is 32.9. The fraction of sp³-hybridized carbons (Fsp3) is 0.391. The summed E-state index contributed by atoms with van der Waals surface area (Å²) in [4.78, 5) is 26.7. The highest BCUT2D eigenvalue weighted by atomic mass is 35.5. The number of carbonyl (C=O) groups excluding carboxylic acids is 2. The van der Waals surface area contributed by atoms with Crippen LogP contribution in [-0.2, 0) is 30.4 Å². The number of sulfone groups is 1. The van der Waals surface area contributed by atoms with Gasteiger partial charge in [-0.15, -0.1) is 0 Å². The fourth-order valence-electron chi connectivity index (χ4n) is 4.05. The van der Waals surface area contributed by atoms with Crippen LogP contribution in [0.2, 0.25) is 5.02 Å². The van der Waals surface area contributed by atoms with Crippen molar-refractivity contribution in [3.05, 3.63) is 57.0 Å². The van der Waals surface area contributed by atoms with Crippen molar-refractivity contribution in [2.75, 3.05) is 12.9 Å². The Bertz CT molecular complexity index is 1450. The number of ketones is 1. The van der Waals surface area contributed by atoms with Gasteiger partial charge in [-0.2, -0.15) is 10.2 Å².